The maximum absolute atomic E-state index is 5.34. The molecule has 8 heteroatoms. The van der Waals surface area contributed by atoms with Crippen molar-refractivity contribution in [2.45, 2.75) is 10.9 Å². The Morgan fingerprint density at radius 1 is 1.00 bits per heavy atom. The lowest BCUT2D eigenvalue weighted by atomic mass is 10.2. The number of thioether (sulfide) groups is 1. The number of hydrogen-bond acceptors (Lipinski definition) is 7. The van der Waals surface area contributed by atoms with Crippen LogP contribution in [0.4, 0.5) is 0 Å². The van der Waals surface area contributed by atoms with Crippen molar-refractivity contribution in [3.8, 4) is 28.5 Å². The Bertz CT molecular complexity index is 1030. The summed E-state index contributed by atoms with van der Waals surface area (Å²) in [6.07, 6.45) is 0. The smallest absolute Gasteiger partial charge is 0.237 e. The van der Waals surface area contributed by atoms with Gasteiger partial charge in [0.15, 0.2) is 11.0 Å². The average molecular weight is 379 g/mol. The van der Waals surface area contributed by atoms with Crippen LogP contribution in [0.15, 0.2) is 64.3 Å². The quantitative estimate of drug-likeness (QED) is 0.471. The second-order valence-electron chi connectivity index (χ2n) is 5.76. The fourth-order valence-electron chi connectivity index (χ4n) is 2.58. The molecule has 0 atom stereocenters. The molecule has 0 N–H and O–H groups in total. The summed E-state index contributed by atoms with van der Waals surface area (Å²) in [4.78, 5) is 4.44. The van der Waals surface area contributed by atoms with Crippen LogP contribution in [-0.2, 0) is 12.8 Å². The molecule has 0 unspecified atom stereocenters. The van der Waals surface area contributed by atoms with E-state index in [0.29, 0.717) is 17.5 Å². The van der Waals surface area contributed by atoms with Crippen molar-refractivity contribution in [1.82, 2.24) is 24.9 Å². The Morgan fingerprint density at radius 3 is 2.52 bits per heavy atom. The van der Waals surface area contributed by atoms with Gasteiger partial charge in [-0.3, -0.25) is 0 Å². The molecule has 0 saturated carbocycles. The first-order valence-corrected chi connectivity index (χ1v) is 9.28. The summed E-state index contributed by atoms with van der Waals surface area (Å²) >= 11 is 1.50. The third kappa shape index (κ3) is 3.70. The highest BCUT2D eigenvalue weighted by molar-refractivity contribution is 7.98. The first-order chi connectivity index (χ1) is 13.2. The standard InChI is InChI=1S/C19H17N5O2S/c1-24-18(14-8-10-15(25-2)11-9-14)21-22-19(24)27-12-16-20-17(23-26-16)13-6-4-3-5-7-13/h3-11H,12H2,1-2H3. The van der Waals surface area contributed by atoms with Crippen molar-refractivity contribution in [2.75, 3.05) is 7.11 Å². The minimum Gasteiger partial charge on any atom is -0.497 e. The lowest BCUT2D eigenvalue weighted by molar-refractivity contribution is 0.391. The topological polar surface area (TPSA) is 78.9 Å². The highest BCUT2D eigenvalue weighted by Gasteiger charge is 2.14. The molecule has 7 nitrogen and oxygen atoms in total. The zero-order valence-electron chi connectivity index (χ0n) is 14.9. The summed E-state index contributed by atoms with van der Waals surface area (Å²) in [7, 11) is 3.58. The van der Waals surface area contributed by atoms with Gasteiger partial charge in [-0.2, -0.15) is 4.98 Å². The molecule has 136 valence electrons. The molecule has 0 spiro atoms. The van der Waals surface area contributed by atoms with Gasteiger partial charge < -0.3 is 13.8 Å². The third-order valence-electron chi connectivity index (χ3n) is 4.01. The summed E-state index contributed by atoms with van der Waals surface area (Å²) in [6, 6.07) is 17.5. The number of nitrogens with zero attached hydrogens (tertiary/aromatic N) is 5. The largest absolute Gasteiger partial charge is 0.497 e. The summed E-state index contributed by atoms with van der Waals surface area (Å²) in [6.45, 7) is 0. The van der Waals surface area contributed by atoms with Crippen molar-refractivity contribution in [2.24, 2.45) is 7.05 Å². The maximum atomic E-state index is 5.34. The molecule has 2 heterocycles. The van der Waals surface area contributed by atoms with Gasteiger partial charge in [-0.15, -0.1) is 10.2 Å². The monoisotopic (exact) mass is 379 g/mol. The van der Waals surface area contributed by atoms with Crippen LogP contribution in [0.1, 0.15) is 5.89 Å². The fraction of sp³-hybridized carbons (Fsp3) is 0.158. The van der Waals surface area contributed by atoms with Crippen LogP contribution in [-0.4, -0.2) is 32.0 Å². The molecular formula is C19H17N5O2S. The van der Waals surface area contributed by atoms with Crippen LogP contribution in [0.2, 0.25) is 0 Å². The van der Waals surface area contributed by atoms with Crippen LogP contribution >= 0.6 is 11.8 Å². The van der Waals surface area contributed by atoms with E-state index in [2.05, 4.69) is 20.3 Å². The molecule has 0 radical (unpaired) electrons. The van der Waals surface area contributed by atoms with Gasteiger partial charge in [-0.25, -0.2) is 0 Å². The number of hydrogen-bond donors (Lipinski definition) is 0. The van der Waals surface area contributed by atoms with Crippen molar-refractivity contribution in [3.63, 3.8) is 0 Å². The van der Waals surface area contributed by atoms with E-state index >= 15 is 0 Å². The summed E-state index contributed by atoms with van der Waals surface area (Å²) < 4.78 is 12.5. The molecule has 2 aromatic heterocycles. The molecule has 2 aromatic carbocycles. The number of aromatic nitrogens is 5. The van der Waals surface area contributed by atoms with Crippen LogP contribution < -0.4 is 4.74 Å². The molecule has 0 fully saturated rings. The maximum Gasteiger partial charge on any atom is 0.237 e. The molecule has 0 aliphatic heterocycles. The Hall–Kier alpha value is -3.13. The highest BCUT2D eigenvalue weighted by Crippen LogP contribution is 2.26. The predicted octanol–water partition coefficient (Wildman–Crippen LogP) is 3.83. The van der Waals surface area contributed by atoms with E-state index in [0.717, 1.165) is 27.9 Å². The normalized spacial score (nSPS) is 10.9. The van der Waals surface area contributed by atoms with E-state index in [1.165, 1.54) is 11.8 Å². The van der Waals surface area contributed by atoms with Crippen LogP contribution in [0, 0.1) is 0 Å². The summed E-state index contributed by atoms with van der Waals surface area (Å²) in [5.74, 6) is 3.25. The first-order valence-electron chi connectivity index (χ1n) is 8.29. The van der Waals surface area contributed by atoms with E-state index < -0.39 is 0 Å². The highest BCUT2D eigenvalue weighted by atomic mass is 32.2. The number of benzene rings is 2. The first kappa shape index (κ1) is 17.3. The molecular weight excluding hydrogens is 362 g/mol. The van der Waals surface area contributed by atoms with Gasteiger partial charge in [0.05, 0.1) is 12.9 Å². The van der Waals surface area contributed by atoms with Gasteiger partial charge in [0.25, 0.3) is 0 Å². The van der Waals surface area contributed by atoms with Gasteiger partial charge in [0.2, 0.25) is 11.7 Å². The zero-order valence-corrected chi connectivity index (χ0v) is 15.7. The van der Waals surface area contributed by atoms with E-state index in [1.54, 1.807) is 7.11 Å². The van der Waals surface area contributed by atoms with Crippen molar-refractivity contribution < 1.29 is 9.26 Å². The van der Waals surface area contributed by atoms with E-state index in [4.69, 9.17) is 9.26 Å². The number of methoxy groups -OCH3 is 1. The third-order valence-corrected chi connectivity index (χ3v) is 5.01. The lowest BCUT2D eigenvalue weighted by Gasteiger charge is -2.04. The zero-order chi connectivity index (χ0) is 18.6. The second-order valence-corrected chi connectivity index (χ2v) is 6.70. The minimum absolute atomic E-state index is 0.522. The Morgan fingerprint density at radius 2 is 1.78 bits per heavy atom. The van der Waals surface area contributed by atoms with Gasteiger partial charge in [-0.05, 0) is 24.3 Å². The molecule has 0 saturated heterocycles. The van der Waals surface area contributed by atoms with Gasteiger partial charge in [0.1, 0.15) is 5.75 Å². The summed E-state index contributed by atoms with van der Waals surface area (Å²) in [5.41, 5.74) is 1.90. The SMILES string of the molecule is COc1ccc(-c2nnc(SCc3nc(-c4ccccc4)no3)n2C)cc1. The molecule has 0 bridgehead atoms. The molecule has 27 heavy (non-hydrogen) atoms. The van der Waals surface area contributed by atoms with Crippen molar-refractivity contribution in [1.29, 1.82) is 0 Å². The van der Waals surface area contributed by atoms with Gasteiger partial charge in [0, 0.05) is 18.2 Å². The molecule has 0 aliphatic rings. The Balaban J connectivity index is 1.46. The van der Waals surface area contributed by atoms with Gasteiger partial charge >= 0.3 is 0 Å². The molecule has 4 rings (SSSR count). The minimum atomic E-state index is 0.522. The number of ether oxygens (including phenoxy) is 1. The van der Waals surface area contributed by atoms with E-state index in [9.17, 15) is 0 Å². The lowest BCUT2D eigenvalue weighted by Crippen LogP contribution is -1.95. The Kier molecular flexibility index (Phi) is 4.88. The Labute approximate surface area is 160 Å². The average Bonchev–Trinajstić information content (AvgIpc) is 3.34. The molecule has 0 aliphatic carbocycles. The van der Waals surface area contributed by atoms with Crippen LogP contribution in [0.3, 0.4) is 0 Å². The summed E-state index contributed by atoms with van der Waals surface area (Å²) in [5, 5.41) is 13.4. The van der Waals surface area contributed by atoms with E-state index in [-0.39, 0.29) is 0 Å². The van der Waals surface area contributed by atoms with Crippen molar-refractivity contribution in [3.05, 3.63) is 60.5 Å². The van der Waals surface area contributed by atoms with Gasteiger partial charge in [-0.1, -0.05) is 47.3 Å². The van der Waals surface area contributed by atoms with Crippen LogP contribution in [0.5, 0.6) is 5.75 Å². The number of rotatable bonds is 6. The van der Waals surface area contributed by atoms with E-state index in [1.807, 2.05) is 66.2 Å². The molecule has 4 aromatic rings. The van der Waals surface area contributed by atoms with Crippen molar-refractivity contribution >= 4 is 11.8 Å². The molecule has 0 amide bonds. The van der Waals surface area contributed by atoms with Crippen LogP contribution in [0.25, 0.3) is 22.8 Å². The fourth-order valence-corrected chi connectivity index (χ4v) is 3.32. The predicted molar refractivity (Wildman–Crippen MR) is 102 cm³/mol. The second kappa shape index (κ2) is 7.63.